The molecule has 0 spiro atoms. The molecule has 1 heterocycles. The van der Waals surface area contributed by atoms with Crippen molar-refractivity contribution in [2.24, 2.45) is 0 Å². The molecule has 6 aromatic rings. The predicted molar refractivity (Wildman–Crippen MR) is 178 cm³/mol. The SMILES string of the molecule is Fc1c(F)c(F)c([B-](c2c(F)c(F)c(F)c(F)c2F)(c2c(F)c(F)c(F)c(F)c2F)c2c(F)c(F)c(F)c(F)c2F)c(F)c1F.O=C(C[n+]1ccnc(C(=O)O)c1C(=O)O)c1ccccc1. The van der Waals surface area contributed by atoms with Crippen molar-refractivity contribution >= 4 is 45.7 Å². The highest BCUT2D eigenvalue weighted by molar-refractivity contribution is 7.20. The molecule has 0 aliphatic carbocycles. The number of aromatic carboxylic acids is 2. The summed E-state index contributed by atoms with van der Waals surface area (Å²) < 4.78 is 295. The Morgan fingerprint density at radius 3 is 0.955 bits per heavy atom. The van der Waals surface area contributed by atoms with Crippen LogP contribution in [0.15, 0.2) is 42.7 Å². The van der Waals surface area contributed by atoms with Gasteiger partial charge >= 0.3 is 17.6 Å². The third kappa shape index (κ3) is 7.67. The lowest BCUT2D eigenvalue weighted by molar-refractivity contribution is -0.686. The molecule has 0 aliphatic rings. The summed E-state index contributed by atoms with van der Waals surface area (Å²) in [6.45, 7) is -0.283. The minimum atomic E-state index is -7.22. The van der Waals surface area contributed by atoms with Gasteiger partial charge in [-0.05, 0) is 0 Å². The number of hydrogen-bond donors (Lipinski definition) is 2. The number of carboxylic acid groups (broad SMARTS) is 2. The van der Waals surface area contributed by atoms with Crippen molar-refractivity contribution in [1.29, 1.82) is 0 Å². The normalized spacial score (nSPS) is 11.4. The first-order valence-electron chi connectivity index (χ1n) is 16.9. The number of halogens is 20. The van der Waals surface area contributed by atoms with Gasteiger partial charge in [0.2, 0.25) is 18.0 Å². The lowest BCUT2D eigenvalue weighted by Crippen LogP contribution is -2.81. The molecular formula is C38H11BF20N2O5. The number of nitrogens with zero attached hydrogens (tertiary/aromatic N) is 2. The number of carbonyl (C=O) groups excluding carboxylic acids is 1. The van der Waals surface area contributed by atoms with Gasteiger partial charge in [-0.15, -0.1) is 21.9 Å². The fraction of sp³-hybridized carbons (Fsp3) is 0.0263. The number of ketones is 1. The standard InChI is InChI=1S/C24BF20.C14H10N2O5/c26-5-1(6(27)14(35)21(42)13(5)34)25(2-7(28)15(36)22(43)16(37)8(2)29,3-9(30)17(38)23(44)18(39)10(3)31)4-11(32)19(40)24(45)20(41)12(4)33;17-10(9-4-2-1-3-5-9)8-16-7-6-15-11(13(18)19)12(16)14(20)21/h;1-7H,8H2,(H-,18,19,20,21)/q-1;/p+1. The van der Waals surface area contributed by atoms with Crippen molar-refractivity contribution < 1.29 is 117 Å². The second kappa shape index (κ2) is 18.1. The summed E-state index contributed by atoms with van der Waals surface area (Å²) in [6, 6.07) is 8.32. The smallest absolute Gasteiger partial charge is 0.403 e. The number of hydrogen-bond acceptors (Lipinski definition) is 4. The van der Waals surface area contributed by atoms with E-state index < -0.39 is 168 Å². The molecule has 2 N–H and O–H groups in total. The molecule has 28 heteroatoms. The third-order valence-corrected chi connectivity index (χ3v) is 9.48. The molecule has 6 rings (SSSR count). The van der Waals surface area contributed by atoms with Crippen LogP contribution < -0.4 is 26.4 Å². The Bertz CT molecular complexity index is 2670. The van der Waals surface area contributed by atoms with Crippen LogP contribution in [-0.4, -0.2) is 39.1 Å². The molecule has 0 amide bonds. The first-order valence-corrected chi connectivity index (χ1v) is 16.9. The zero-order valence-electron chi connectivity index (χ0n) is 30.9. The molecule has 0 aliphatic heterocycles. The van der Waals surface area contributed by atoms with Gasteiger partial charge in [-0.25, -0.2) is 102 Å². The fourth-order valence-corrected chi connectivity index (χ4v) is 6.72. The summed E-state index contributed by atoms with van der Waals surface area (Å²) >= 11 is 0. The fourth-order valence-electron chi connectivity index (χ4n) is 6.72. The Morgan fingerprint density at radius 2 is 0.697 bits per heavy atom. The van der Waals surface area contributed by atoms with Crippen LogP contribution in [0.5, 0.6) is 0 Å². The maximum atomic E-state index is 15.4. The van der Waals surface area contributed by atoms with Gasteiger partial charge in [-0.3, -0.25) is 4.79 Å². The van der Waals surface area contributed by atoms with E-state index >= 15 is 35.1 Å². The van der Waals surface area contributed by atoms with Crippen LogP contribution in [0.4, 0.5) is 87.8 Å². The summed E-state index contributed by atoms with van der Waals surface area (Å²) in [5.74, 6) is -74.7. The number of Topliss-reactive ketones (excluding diaryl/α,β-unsaturated/α-hetero) is 1. The van der Waals surface area contributed by atoms with Gasteiger partial charge in [-0.2, -0.15) is 4.57 Å². The first kappa shape index (κ1) is 49.5. The van der Waals surface area contributed by atoms with E-state index in [0.29, 0.717) is 5.56 Å². The van der Waals surface area contributed by atoms with E-state index in [9.17, 15) is 67.1 Å². The van der Waals surface area contributed by atoms with E-state index in [1.807, 2.05) is 0 Å². The van der Waals surface area contributed by atoms with Crippen molar-refractivity contribution in [3.8, 4) is 0 Å². The Labute approximate surface area is 350 Å². The van der Waals surface area contributed by atoms with E-state index in [0.717, 1.165) is 10.8 Å². The molecule has 5 aromatic carbocycles. The summed E-state index contributed by atoms with van der Waals surface area (Å²) in [5, 5.41) is 18.1. The summed E-state index contributed by atoms with van der Waals surface area (Å²) in [5.41, 5.74) is -15.1. The predicted octanol–water partition coefficient (Wildman–Crippen LogP) is 6.49. The Morgan fingerprint density at radius 1 is 0.424 bits per heavy atom. The molecule has 66 heavy (non-hydrogen) atoms. The van der Waals surface area contributed by atoms with Crippen LogP contribution in [0.2, 0.25) is 0 Å². The van der Waals surface area contributed by atoms with Crippen LogP contribution in [0.1, 0.15) is 31.3 Å². The van der Waals surface area contributed by atoms with E-state index in [2.05, 4.69) is 4.98 Å². The van der Waals surface area contributed by atoms with Crippen LogP contribution in [0, 0.1) is 116 Å². The zero-order chi connectivity index (χ0) is 49.8. The molecule has 0 bridgehead atoms. The molecule has 0 fully saturated rings. The molecule has 0 unspecified atom stereocenters. The lowest BCUT2D eigenvalue weighted by atomic mass is 9.12. The molecule has 0 atom stereocenters. The van der Waals surface area contributed by atoms with Crippen molar-refractivity contribution in [2.75, 3.05) is 0 Å². The van der Waals surface area contributed by atoms with Crippen molar-refractivity contribution in [2.45, 2.75) is 6.54 Å². The van der Waals surface area contributed by atoms with Gasteiger partial charge in [0.1, 0.15) is 52.7 Å². The Balaban J connectivity index is 0.000000324. The maximum absolute atomic E-state index is 15.4. The van der Waals surface area contributed by atoms with Gasteiger partial charge in [0, 0.05) is 5.56 Å². The molecule has 0 saturated carbocycles. The van der Waals surface area contributed by atoms with Crippen LogP contribution in [0.3, 0.4) is 0 Å². The van der Waals surface area contributed by atoms with E-state index in [1.54, 1.807) is 30.3 Å². The van der Waals surface area contributed by atoms with Crippen molar-refractivity contribution in [1.82, 2.24) is 4.98 Å². The van der Waals surface area contributed by atoms with Crippen molar-refractivity contribution in [3.05, 3.63) is 176 Å². The molecular weight excluding hydrogens is 955 g/mol. The van der Waals surface area contributed by atoms with Gasteiger partial charge in [0.15, 0.2) is 76.0 Å². The van der Waals surface area contributed by atoms with E-state index in [-0.39, 0.29) is 12.3 Å². The van der Waals surface area contributed by atoms with E-state index in [1.165, 1.54) is 6.20 Å². The average Bonchev–Trinajstić information content (AvgIpc) is 3.29. The Kier molecular flexibility index (Phi) is 13.6. The lowest BCUT2D eigenvalue weighted by Gasteiger charge is -2.44. The molecule has 7 nitrogen and oxygen atoms in total. The number of carboxylic acids is 2. The third-order valence-electron chi connectivity index (χ3n) is 9.48. The Hall–Kier alpha value is -7.55. The number of carbonyl (C=O) groups is 3. The monoisotopic (exact) mass is 966 g/mol. The highest BCUT2D eigenvalue weighted by atomic mass is 19.2. The summed E-state index contributed by atoms with van der Waals surface area (Å²) in [6.07, 6.45) is -4.81. The summed E-state index contributed by atoms with van der Waals surface area (Å²) in [4.78, 5) is 37.9. The van der Waals surface area contributed by atoms with Crippen LogP contribution >= 0.6 is 0 Å². The minimum absolute atomic E-state index is 0.283. The molecule has 0 radical (unpaired) electrons. The molecule has 0 saturated heterocycles. The second-order valence-corrected chi connectivity index (χ2v) is 13.0. The van der Waals surface area contributed by atoms with Crippen molar-refractivity contribution in [3.63, 3.8) is 0 Å². The van der Waals surface area contributed by atoms with Gasteiger partial charge < -0.3 is 10.2 Å². The molecule has 1 aromatic heterocycles. The van der Waals surface area contributed by atoms with Gasteiger partial charge in [-0.1, -0.05) is 30.3 Å². The van der Waals surface area contributed by atoms with Gasteiger partial charge in [0.25, 0.3) is 0 Å². The number of aromatic nitrogens is 2. The quantitative estimate of drug-likeness (QED) is 0.0429. The highest BCUT2D eigenvalue weighted by Crippen LogP contribution is 2.30. The van der Waals surface area contributed by atoms with E-state index in [4.69, 9.17) is 10.2 Å². The largest absolute Gasteiger partial charge is 0.476 e. The second-order valence-electron chi connectivity index (χ2n) is 13.0. The van der Waals surface area contributed by atoms with Crippen LogP contribution in [0.25, 0.3) is 0 Å². The first-order chi connectivity index (χ1) is 30.7. The summed E-state index contributed by atoms with van der Waals surface area (Å²) in [7, 11) is 0. The highest BCUT2D eigenvalue weighted by Gasteiger charge is 2.52. The van der Waals surface area contributed by atoms with Gasteiger partial charge in [0.05, 0.1) is 6.20 Å². The number of benzene rings is 5. The number of rotatable bonds is 9. The molecule has 346 valence electrons. The topological polar surface area (TPSA) is 108 Å². The minimum Gasteiger partial charge on any atom is -0.476 e. The maximum Gasteiger partial charge on any atom is 0.403 e. The average molecular weight is 966 g/mol. The zero-order valence-corrected chi connectivity index (χ0v) is 30.9. The van der Waals surface area contributed by atoms with Crippen LogP contribution in [-0.2, 0) is 6.54 Å².